The Hall–Kier alpha value is -1.70. The molecule has 2 amide bonds. The molecule has 1 saturated heterocycles. The molecule has 7 nitrogen and oxygen atoms in total. The number of hydrogen-bond acceptors (Lipinski definition) is 4. The quantitative estimate of drug-likeness (QED) is 0.837. The number of carbonyl (C=O) groups excluding carboxylic acids is 1. The van der Waals surface area contributed by atoms with Gasteiger partial charge in [0, 0.05) is 36.9 Å². The Morgan fingerprint density at radius 1 is 1.58 bits per heavy atom. The van der Waals surface area contributed by atoms with Gasteiger partial charge in [-0.25, -0.2) is 9.59 Å². The second kappa shape index (κ2) is 5.52. The number of anilines is 1. The molecule has 1 aliphatic heterocycles. The third-order valence-electron chi connectivity index (χ3n) is 3.02. The van der Waals surface area contributed by atoms with Gasteiger partial charge in [0.1, 0.15) is 6.04 Å². The zero-order chi connectivity index (χ0) is 14.0. The van der Waals surface area contributed by atoms with E-state index in [4.69, 9.17) is 5.11 Å². The number of carboxylic acids is 1. The second-order valence-electron chi connectivity index (χ2n) is 4.35. The van der Waals surface area contributed by atoms with Crippen LogP contribution in [-0.2, 0) is 11.8 Å². The van der Waals surface area contributed by atoms with E-state index in [0.717, 1.165) is 11.4 Å². The van der Waals surface area contributed by atoms with E-state index in [0.29, 0.717) is 18.1 Å². The Morgan fingerprint density at radius 2 is 2.32 bits per heavy atom. The third-order valence-corrected chi connectivity index (χ3v) is 4.05. The number of carboxylic acid groups (broad SMARTS) is 1. The van der Waals surface area contributed by atoms with Gasteiger partial charge in [0.15, 0.2) is 5.82 Å². The summed E-state index contributed by atoms with van der Waals surface area (Å²) in [6, 6.07) is 0.557. The summed E-state index contributed by atoms with van der Waals surface area (Å²) in [6.45, 7) is 2.31. The molecular weight excluding hydrogens is 268 g/mol. The first-order chi connectivity index (χ1) is 8.99. The summed E-state index contributed by atoms with van der Waals surface area (Å²) >= 11 is 1.54. The maximum Gasteiger partial charge on any atom is 0.327 e. The molecule has 2 N–H and O–H groups in total. The minimum absolute atomic E-state index is 0.411. The smallest absolute Gasteiger partial charge is 0.327 e. The zero-order valence-corrected chi connectivity index (χ0v) is 11.6. The van der Waals surface area contributed by atoms with Crippen molar-refractivity contribution in [2.75, 3.05) is 23.4 Å². The Morgan fingerprint density at radius 3 is 2.89 bits per heavy atom. The van der Waals surface area contributed by atoms with Crippen molar-refractivity contribution in [2.45, 2.75) is 13.0 Å². The molecule has 19 heavy (non-hydrogen) atoms. The molecule has 104 valence electrons. The molecule has 0 spiro atoms. The summed E-state index contributed by atoms with van der Waals surface area (Å²) in [5, 5.41) is 15.9. The molecule has 0 saturated carbocycles. The Balaban J connectivity index is 2.07. The van der Waals surface area contributed by atoms with Gasteiger partial charge in [0.25, 0.3) is 0 Å². The van der Waals surface area contributed by atoms with E-state index in [1.54, 1.807) is 29.6 Å². The number of aryl methyl sites for hydroxylation is 2. The van der Waals surface area contributed by atoms with Crippen LogP contribution in [0.3, 0.4) is 0 Å². The first-order valence-corrected chi connectivity index (χ1v) is 7.03. The highest BCUT2D eigenvalue weighted by Gasteiger charge is 2.32. The molecule has 0 aliphatic carbocycles. The number of urea groups is 1. The van der Waals surface area contributed by atoms with E-state index in [-0.39, 0.29) is 0 Å². The number of aromatic nitrogens is 2. The number of aliphatic carboxylic acids is 1. The van der Waals surface area contributed by atoms with E-state index in [1.165, 1.54) is 4.90 Å². The standard InChI is InChI=1S/C11H16N4O3S/c1-7-5-9(13-14(7)2)12-11(18)15-3-4-19-6-8(15)10(16)17/h5,8H,3-4,6H2,1-2H3,(H,16,17)(H,12,13,18). The number of nitrogens with zero attached hydrogens (tertiary/aromatic N) is 3. The van der Waals surface area contributed by atoms with Crippen molar-refractivity contribution in [3.8, 4) is 0 Å². The van der Waals surface area contributed by atoms with Crippen LogP contribution in [0.4, 0.5) is 10.6 Å². The van der Waals surface area contributed by atoms with Crippen LogP contribution < -0.4 is 5.32 Å². The van der Waals surface area contributed by atoms with Crippen LogP contribution in [0, 0.1) is 6.92 Å². The molecule has 2 heterocycles. The van der Waals surface area contributed by atoms with Crippen LogP contribution in [-0.4, -0.2) is 55.9 Å². The van der Waals surface area contributed by atoms with Gasteiger partial charge in [0.05, 0.1) is 0 Å². The number of rotatable bonds is 2. The molecule has 2 rings (SSSR count). The van der Waals surface area contributed by atoms with Crippen LogP contribution in [0.5, 0.6) is 0 Å². The van der Waals surface area contributed by atoms with E-state index < -0.39 is 18.0 Å². The lowest BCUT2D eigenvalue weighted by atomic mass is 10.3. The van der Waals surface area contributed by atoms with Gasteiger partial charge in [-0.3, -0.25) is 10.00 Å². The van der Waals surface area contributed by atoms with Crippen molar-refractivity contribution in [1.29, 1.82) is 0 Å². The van der Waals surface area contributed by atoms with Crippen molar-refractivity contribution in [3.05, 3.63) is 11.8 Å². The van der Waals surface area contributed by atoms with Crippen molar-refractivity contribution < 1.29 is 14.7 Å². The Labute approximate surface area is 115 Å². The summed E-state index contributed by atoms with van der Waals surface area (Å²) < 4.78 is 1.65. The molecular formula is C11H16N4O3S. The van der Waals surface area contributed by atoms with Gasteiger partial charge in [-0.2, -0.15) is 16.9 Å². The van der Waals surface area contributed by atoms with Gasteiger partial charge in [-0.05, 0) is 6.92 Å². The van der Waals surface area contributed by atoms with Crippen molar-refractivity contribution in [3.63, 3.8) is 0 Å². The van der Waals surface area contributed by atoms with E-state index in [1.807, 2.05) is 6.92 Å². The fourth-order valence-electron chi connectivity index (χ4n) is 1.85. The fraction of sp³-hybridized carbons (Fsp3) is 0.545. The molecule has 1 aromatic heterocycles. The zero-order valence-electron chi connectivity index (χ0n) is 10.8. The molecule has 1 fully saturated rings. The van der Waals surface area contributed by atoms with Gasteiger partial charge in [0.2, 0.25) is 0 Å². The highest BCUT2D eigenvalue weighted by atomic mass is 32.2. The van der Waals surface area contributed by atoms with Gasteiger partial charge >= 0.3 is 12.0 Å². The van der Waals surface area contributed by atoms with Crippen LogP contribution in [0.25, 0.3) is 0 Å². The summed E-state index contributed by atoms with van der Waals surface area (Å²) in [7, 11) is 1.78. The largest absolute Gasteiger partial charge is 0.480 e. The summed E-state index contributed by atoms with van der Waals surface area (Å²) in [5.74, 6) is 0.634. The predicted octanol–water partition coefficient (Wildman–Crippen LogP) is 0.762. The van der Waals surface area contributed by atoms with Gasteiger partial charge in [-0.1, -0.05) is 0 Å². The maximum atomic E-state index is 12.1. The molecule has 0 bridgehead atoms. The Kier molecular flexibility index (Phi) is 3.98. The molecule has 0 aromatic carbocycles. The molecule has 1 aliphatic rings. The van der Waals surface area contributed by atoms with E-state index in [2.05, 4.69) is 10.4 Å². The SMILES string of the molecule is Cc1cc(NC(=O)N2CCSCC2C(=O)O)nn1C. The lowest BCUT2D eigenvalue weighted by Crippen LogP contribution is -2.51. The minimum Gasteiger partial charge on any atom is -0.480 e. The molecule has 1 atom stereocenters. The monoisotopic (exact) mass is 284 g/mol. The topological polar surface area (TPSA) is 87.5 Å². The molecule has 0 radical (unpaired) electrons. The van der Waals surface area contributed by atoms with Gasteiger partial charge in [-0.15, -0.1) is 0 Å². The lowest BCUT2D eigenvalue weighted by molar-refractivity contribution is -0.141. The van der Waals surface area contributed by atoms with Crippen LogP contribution >= 0.6 is 11.8 Å². The van der Waals surface area contributed by atoms with E-state index in [9.17, 15) is 9.59 Å². The lowest BCUT2D eigenvalue weighted by Gasteiger charge is -2.32. The van der Waals surface area contributed by atoms with E-state index >= 15 is 0 Å². The van der Waals surface area contributed by atoms with Crippen LogP contribution in [0.2, 0.25) is 0 Å². The predicted molar refractivity (Wildman–Crippen MR) is 72.4 cm³/mol. The maximum absolute atomic E-state index is 12.1. The van der Waals surface area contributed by atoms with Crippen molar-refractivity contribution >= 4 is 29.6 Å². The first kappa shape index (κ1) is 13.7. The number of thioether (sulfide) groups is 1. The second-order valence-corrected chi connectivity index (χ2v) is 5.50. The van der Waals surface area contributed by atoms with Gasteiger partial charge < -0.3 is 10.0 Å². The summed E-state index contributed by atoms with van der Waals surface area (Å²) in [4.78, 5) is 24.6. The number of carbonyl (C=O) groups is 2. The summed E-state index contributed by atoms with van der Waals surface area (Å²) in [6.07, 6.45) is 0. The number of amides is 2. The number of nitrogens with one attached hydrogen (secondary N) is 1. The summed E-state index contributed by atoms with van der Waals surface area (Å²) in [5.41, 5.74) is 0.916. The molecule has 1 unspecified atom stereocenters. The average molecular weight is 284 g/mol. The molecule has 1 aromatic rings. The van der Waals surface area contributed by atoms with Crippen LogP contribution in [0.1, 0.15) is 5.69 Å². The minimum atomic E-state index is -0.973. The van der Waals surface area contributed by atoms with Crippen molar-refractivity contribution in [1.82, 2.24) is 14.7 Å². The van der Waals surface area contributed by atoms with Crippen molar-refractivity contribution in [2.24, 2.45) is 7.05 Å². The molecule has 8 heteroatoms. The highest BCUT2D eigenvalue weighted by Crippen LogP contribution is 2.18. The average Bonchev–Trinajstić information content (AvgIpc) is 2.68. The Bertz CT molecular complexity index is 483. The fourth-order valence-corrected chi connectivity index (χ4v) is 2.89. The highest BCUT2D eigenvalue weighted by molar-refractivity contribution is 7.99. The third kappa shape index (κ3) is 3.01. The normalized spacial score (nSPS) is 19.3. The van der Waals surface area contributed by atoms with Crippen LogP contribution in [0.15, 0.2) is 6.07 Å². The first-order valence-electron chi connectivity index (χ1n) is 5.88. The number of hydrogen-bond donors (Lipinski definition) is 2.